The quantitative estimate of drug-likeness (QED) is 0.791. The normalized spacial score (nSPS) is 17.1. The highest BCUT2D eigenvalue weighted by Gasteiger charge is 2.32. The van der Waals surface area contributed by atoms with Gasteiger partial charge in [0.1, 0.15) is 6.61 Å². The van der Waals surface area contributed by atoms with Gasteiger partial charge in [0.05, 0.1) is 22.9 Å². The highest BCUT2D eigenvalue weighted by atomic mass is 35.5. The summed E-state index contributed by atoms with van der Waals surface area (Å²) in [6.45, 7) is 0.324. The minimum Gasteiger partial charge on any atom is -0.370 e. The fourth-order valence-corrected chi connectivity index (χ4v) is 1.89. The molecule has 2 rings (SSSR count). The molecule has 0 spiro atoms. The van der Waals surface area contributed by atoms with Crippen LogP contribution in [0.3, 0.4) is 0 Å². The van der Waals surface area contributed by atoms with Crippen molar-refractivity contribution < 1.29 is 22.7 Å². The van der Waals surface area contributed by atoms with Gasteiger partial charge < -0.3 is 9.64 Å². The molecule has 0 aromatic heterocycles. The number of carbonyl (C=O) groups is 1. The Balaban J connectivity index is 2.40. The molecule has 1 aliphatic rings. The van der Waals surface area contributed by atoms with Crippen molar-refractivity contribution in [2.24, 2.45) is 0 Å². The summed E-state index contributed by atoms with van der Waals surface area (Å²) < 4.78 is 42.7. The second-order valence-electron chi connectivity index (χ2n) is 3.76. The predicted octanol–water partition coefficient (Wildman–Crippen LogP) is 2.72. The van der Waals surface area contributed by atoms with Gasteiger partial charge in [-0.15, -0.1) is 0 Å². The van der Waals surface area contributed by atoms with Crippen molar-refractivity contribution in [3.05, 3.63) is 28.8 Å². The SMILES string of the molecule is O=C1COCCN1c1cc(C(F)(F)F)ccc1Cl. The minimum absolute atomic E-state index is 0.0693. The van der Waals surface area contributed by atoms with Crippen molar-refractivity contribution in [1.29, 1.82) is 0 Å². The molecule has 1 amide bonds. The fourth-order valence-electron chi connectivity index (χ4n) is 1.67. The number of amides is 1. The molecule has 0 aliphatic carbocycles. The number of rotatable bonds is 1. The first-order valence-corrected chi connectivity index (χ1v) is 5.52. The maximum atomic E-state index is 12.6. The zero-order valence-corrected chi connectivity index (χ0v) is 9.88. The first-order valence-electron chi connectivity index (χ1n) is 5.14. The highest BCUT2D eigenvalue weighted by Crippen LogP contribution is 2.35. The van der Waals surface area contributed by atoms with E-state index in [4.69, 9.17) is 16.3 Å². The van der Waals surface area contributed by atoms with Crippen LogP contribution in [0, 0.1) is 0 Å². The summed E-state index contributed by atoms with van der Waals surface area (Å²) in [5.74, 6) is -0.400. The van der Waals surface area contributed by atoms with E-state index in [0.717, 1.165) is 18.2 Å². The van der Waals surface area contributed by atoms with Crippen molar-refractivity contribution in [1.82, 2.24) is 0 Å². The Kier molecular flexibility index (Phi) is 3.49. The van der Waals surface area contributed by atoms with E-state index in [1.54, 1.807) is 0 Å². The third-order valence-corrected chi connectivity index (χ3v) is 2.87. The van der Waals surface area contributed by atoms with Gasteiger partial charge in [0.15, 0.2) is 0 Å². The van der Waals surface area contributed by atoms with Gasteiger partial charge in [0.2, 0.25) is 0 Å². The Morgan fingerprint density at radius 2 is 2.06 bits per heavy atom. The molecular formula is C11H9ClF3NO2. The van der Waals surface area contributed by atoms with Gasteiger partial charge >= 0.3 is 6.18 Å². The Bertz CT molecular complexity index is 476. The fraction of sp³-hybridized carbons (Fsp3) is 0.364. The van der Waals surface area contributed by atoms with E-state index in [1.807, 2.05) is 0 Å². The molecule has 1 aromatic carbocycles. The lowest BCUT2D eigenvalue weighted by Crippen LogP contribution is -2.41. The van der Waals surface area contributed by atoms with Crippen LogP contribution in [0.2, 0.25) is 5.02 Å². The largest absolute Gasteiger partial charge is 0.416 e. The van der Waals surface area contributed by atoms with E-state index in [-0.39, 0.29) is 30.5 Å². The van der Waals surface area contributed by atoms with Crippen LogP contribution in [-0.4, -0.2) is 25.7 Å². The lowest BCUT2D eigenvalue weighted by molar-refractivity contribution is -0.137. The number of benzene rings is 1. The molecular weight excluding hydrogens is 271 g/mol. The average molecular weight is 280 g/mol. The van der Waals surface area contributed by atoms with Gasteiger partial charge in [-0.05, 0) is 18.2 Å². The first-order chi connectivity index (χ1) is 8.39. The number of anilines is 1. The van der Waals surface area contributed by atoms with Crippen molar-refractivity contribution in [3.8, 4) is 0 Å². The van der Waals surface area contributed by atoms with Crippen LogP contribution in [0.5, 0.6) is 0 Å². The maximum absolute atomic E-state index is 12.6. The van der Waals surface area contributed by atoms with Crippen LogP contribution in [0.15, 0.2) is 18.2 Å². The van der Waals surface area contributed by atoms with E-state index in [1.165, 1.54) is 4.90 Å². The van der Waals surface area contributed by atoms with Crippen LogP contribution in [0.1, 0.15) is 5.56 Å². The summed E-state index contributed by atoms with van der Waals surface area (Å²) in [5.41, 5.74) is -0.763. The summed E-state index contributed by atoms with van der Waals surface area (Å²) in [6, 6.07) is 2.91. The molecule has 0 atom stereocenters. The minimum atomic E-state index is -4.46. The summed E-state index contributed by atoms with van der Waals surface area (Å²) in [7, 11) is 0. The first kappa shape index (κ1) is 13.2. The van der Waals surface area contributed by atoms with E-state index in [0.29, 0.717) is 0 Å². The molecule has 1 aromatic rings. The van der Waals surface area contributed by atoms with Gasteiger partial charge in [-0.1, -0.05) is 11.6 Å². The summed E-state index contributed by atoms with van der Waals surface area (Å²) >= 11 is 5.84. The van der Waals surface area contributed by atoms with Crippen LogP contribution in [-0.2, 0) is 15.7 Å². The zero-order valence-electron chi connectivity index (χ0n) is 9.13. The van der Waals surface area contributed by atoms with E-state index in [2.05, 4.69) is 0 Å². The van der Waals surface area contributed by atoms with Crippen LogP contribution < -0.4 is 4.90 Å². The van der Waals surface area contributed by atoms with Gasteiger partial charge in [0, 0.05) is 6.54 Å². The number of carbonyl (C=O) groups excluding carboxylic acids is 1. The molecule has 1 aliphatic heterocycles. The molecule has 0 unspecified atom stereocenters. The van der Waals surface area contributed by atoms with Crippen molar-refractivity contribution >= 4 is 23.2 Å². The second kappa shape index (κ2) is 4.78. The number of halogens is 4. The Morgan fingerprint density at radius 3 is 2.67 bits per heavy atom. The van der Waals surface area contributed by atoms with Gasteiger partial charge in [-0.25, -0.2) is 0 Å². The molecule has 1 saturated heterocycles. The van der Waals surface area contributed by atoms with Crippen LogP contribution >= 0.6 is 11.6 Å². The molecule has 3 nitrogen and oxygen atoms in total. The van der Waals surface area contributed by atoms with Gasteiger partial charge in [-0.2, -0.15) is 13.2 Å². The topological polar surface area (TPSA) is 29.5 Å². The molecule has 98 valence electrons. The number of alkyl halides is 3. The molecule has 18 heavy (non-hydrogen) atoms. The summed E-state index contributed by atoms with van der Waals surface area (Å²) in [5, 5.41) is 0.109. The highest BCUT2D eigenvalue weighted by molar-refractivity contribution is 6.33. The molecule has 7 heteroatoms. The maximum Gasteiger partial charge on any atom is 0.416 e. The zero-order chi connectivity index (χ0) is 13.3. The summed E-state index contributed by atoms with van der Waals surface area (Å²) in [6.07, 6.45) is -4.46. The molecule has 0 bridgehead atoms. The Labute approximate surface area is 106 Å². The van der Waals surface area contributed by atoms with E-state index >= 15 is 0 Å². The molecule has 0 radical (unpaired) electrons. The third kappa shape index (κ3) is 2.59. The number of hydrogen-bond acceptors (Lipinski definition) is 2. The summed E-state index contributed by atoms with van der Waals surface area (Å²) in [4.78, 5) is 12.8. The predicted molar refractivity (Wildman–Crippen MR) is 59.6 cm³/mol. The number of ether oxygens (including phenoxy) is 1. The smallest absolute Gasteiger partial charge is 0.370 e. The van der Waals surface area contributed by atoms with E-state index < -0.39 is 17.6 Å². The van der Waals surface area contributed by atoms with E-state index in [9.17, 15) is 18.0 Å². The standard InChI is InChI=1S/C11H9ClF3NO2/c12-8-2-1-7(11(13,14)15)5-9(8)16-3-4-18-6-10(16)17/h1-2,5H,3-4,6H2. The van der Waals surface area contributed by atoms with Crippen molar-refractivity contribution in [2.45, 2.75) is 6.18 Å². The number of hydrogen-bond donors (Lipinski definition) is 0. The molecule has 1 fully saturated rings. The lowest BCUT2D eigenvalue weighted by Gasteiger charge is -2.28. The number of morpholine rings is 1. The van der Waals surface area contributed by atoms with Crippen molar-refractivity contribution in [2.75, 3.05) is 24.7 Å². The Hall–Kier alpha value is -1.27. The van der Waals surface area contributed by atoms with Gasteiger partial charge in [-0.3, -0.25) is 4.79 Å². The van der Waals surface area contributed by atoms with Gasteiger partial charge in [0.25, 0.3) is 5.91 Å². The number of nitrogens with zero attached hydrogens (tertiary/aromatic N) is 1. The van der Waals surface area contributed by atoms with Crippen LogP contribution in [0.4, 0.5) is 18.9 Å². The monoisotopic (exact) mass is 279 g/mol. The Morgan fingerprint density at radius 1 is 1.33 bits per heavy atom. The lowest BCUT2D eigenvalue weighted by atomic mass is 10.1. The molecule has 0 N–H and O–H groups in total. The third-order valence-electron chi connectivity index (χ3n) is 2.55. The molecule has 0 saturated carbocycles. The van der Waals surface area contributed by atoms with Crippen LogP contribution in [0.25, 0.3) is 0 Å². The average Bonchev–Trinajstić information content (AvgIpc) is 2.29. The molecule has 1 heterocycles. The second-order valence-corrected chi connectivity index (χ2v) is 4.17. The van der Waals surface area contributed by atoms with Crippen molar-refractivity contribution in [3.63, 3.8) is 0 Å².